The zero-order valence-electron chi connectivity index (χ0n) is 9.49. The van der Waals surface area contributed by atoms with Crippen LogP contribution in [0.3, 0.4) is 0 Å². The molecule has 0 radical (unpaired) electrons. The largest absolute Gasteiger partial charge is 0.493 e. The van der Waals surface area contributed by atoms with Gasteiger partial charge in [0.05, 0.1) is 6.20 Å². The minimum atomic E-state index is -0.220. The minimum Gasteiger partial charge on any atom is -0.493 e. The molecular weight excluding hydrogens is 192 g/mol. The van der Waals surface area contributed by atoms with Crippen molar-refractivity contribution in [1.29, 1.82) is 0 Å². The van der Waals surface area contributed by atoms with Crippen LogP contribution in [0.25, 0.3) is 0 Å². The number of imidazole rings is 1. The molecule has 0 fully saturated rings. The zero-order chi connectivity index (χ0) is 11.3. The average Bonchev–Trinajstić information content (AvgIpc) is 2.55. The van der Waals surface area contributed by atoms with Crippen LogP contribution in [-0.2, 0) is 6.54 Å². The van der Waals surface area contributed by atoms with Crippen LogP contribution < -0.4 is 5.69 Å². The number of unbranched alkanes of at least 4 members (excludes halogenated alkanes) is 1. The van der Waals surface area contributed by atoms with Crippen molar-refractivity contribution in [3.05, 3.63) is 16.7 Å². The first-order valence-corrected chi connectivity index (χ1v) is 5.66. The molecule has 4 nitrogen and oxygen atoms in total. The molecule has 1 aromatic rings. The number of hydrogen-bond donors (Lipinski definition) is 2. The van der Waals surface area contributed by atoms with Gasteiger partial charge in [0.2, 0.25) is 5.88 Å². The third-order valence-corrected chi connectivity index (χ3v) is 2.83. The average molecular weight is 212 g/mol. The molecule has 4 heteroatoms. The molecule has 1 rings (SSSR count). The van der Waals surface area contributed by atoms with Gasteiger partial charge in [0.15, 0.2) is 0 Å². The lowest BCUT2D eigenvalue weighted by Gasteiger charge is -2.14. The van der Waals surface area contributed by atoms with Crippen LogP contribution in [0.2, 0.25) is 0 Å². The molecule has 15 heavy (non-hydrogen) atoms. The number of nitrogens with one attached hydrogen (secondary N) is 1. The molecule has 0 aliphatic heterocycles. The van der Waals surface area contributed by atoms with E-state index in [4.69, 9.17) is 0 Å². The number of hydrogen-bond acceptors (Lipinski definition) is 2. The van der Waals surface area contributed by atoms with Crippen molar-refractivity contribution in [3.8, 4) is 5.88 Å². The zero-order valence-corrected chi connectivity index (χ0v) is 9.49. The molecule has 0 saturated heterocycles. The maximum absolute atomic E-state index is 11.3. The second kappa shape index (κ2) is 5.63. The number of rotatable bonds is 6. The van der Waals surface area contributed by atoms with Crippen molar-refractivity contribution in [2.75, 3.05) is 0 Å². The lowest BCUT2D eigenvalue weighted by atomic mass is 9.99. The van der Waals surface area contributed by atoms with Gasteiger partial charge < -0.3 is 10.1 Å². The van der Waals surface area contributed by atoms with E-state index in [0.717, 1.165) is 12.8 Å². The highest BCUT2D eigenvalue weighted by molar-refractivity contribution is 5.02. The Balaban J connectivity index is 2.62. The highest BCUT2D eigenvalue weighted by Gasteiger charge is 2.11. The number of nitrogens with zero attached hydrogens (tertiary/aromatic N) is 1. The number of aromatic hydroxyl groups is 1. The summed E-state index contributed by atoms with van der Waals surface area (Å²) in [4.78, 5) is 13.8. The van der Waals surface area contributed by atoms with Gasteiger partial charge in [-0.25, -0.2) is 4.79 Å². The highest BCUT2D eigenvalue weighted by Crippen LogP contribution is 2.16. The summed E-state index contributed by atoms with van der Waals surface area (Å²) in [7, 11) is 0. The number of H-pyrrole nitrogens is 1. The standard InChI is InChI=1S/C11H20N2O2/c1-3-5-6-9(4-2)8-13-10(14)7-12-11(13)15/h7,9,14H,3-6,8H2,1-2H3,(H,12,15). The Hall–Kier alpha value is -1.19. The van der Waals surface area contributed by atoms with Crippen molar-refractivity contribution in [1.82, 2.24) is 9.55 Å². The number of aromatic nitrogens is 2. The van der Waals surface area contributed by atoms with Gasteiger partial charge in [-0.15, -0.1) is 0 Å². The SMILES string of the molecule is CCCCC(CC)Cn1c(O)c[nH]c1=O. The van der Waals surface area contributed by atoms with Gasteiger partial charge >= 0.3 is 5.69 Å². The van der Waals surface area contributed by atoms with E-state index >= 15 is 0 Å². The van der Waals surface area contributed by atoms with Crippen LogP contribution in [0.5, 0.6) is 5.88 Å². The van der Waals surface area contributed by atoms with Crippen molar-refractivity contribution in [2.45, 2.75) is 46.1 Å². The Morgan fingerprint density at radius 2 is 2.27 bits per heavy atom. The quantitative estimate of drug-likeness (QED) is 0.758. The topological polar surface area (TPSA) is 58.0 Å². The predicted molar refractivity (Wildman–Crippen MR) is 60.0 cm³/mol. The fourth-order valence-corrected chi connectivity index (χ4v) is 1.74. The van der Waals surface area contributed by atoms with Crippen LogP contribution in [0, 0.1) is 5.92 Å². The van der Waals surface area contributed by atoms with Crippen LogP contribution in [-0.4, -0.2) is 14.7 Å². The minimum absolute atomic E-state index is 0.0370. The Morgan fingerprint density at radius 3 is 2.73 bits per heavy atom. The predicted octanol–water partition coefficient (Wildman–Crippen LogP) is 2.10. The van der Waals surface area contributed by atoms with E-state index < -0.39 is 0 Å². The van der Waals surface area contributed by atoms with E-state index in [1.165, 1.54) is 23.6 Å². The third-order valence-electron chi connectivity index (χ3n) is 2.83. The summed E-state index contributed by atoms with van der Waals surface area (Å²) in [6.45, 7) is 4.90. The Labute approximate surface area is 89.9 Å². The molecule has 0 spiro atoms. The van der Waals surface area contributed by atoms with Gasteiger partial charge in [0, 0.05) is 6.54 Å². The fraction of sp³-hybridized carbons (Fsp3) is 0.727. The Kier molecular flexibility index (Phi) is 4.46. The summed E-state index contributed by atoms with van der Waals surface area (Å²) in [5.74, 6) is 0.513. The first kappa shape index (κ1) is 11.9. The lowest BCUT2D eigenvalue weighted by Crippen LogP contribution is -2.21. The molecule has 1 unspecified atom stereocenters. The highest BCUT2D eigenvalue weighted by atomic mass is 16.3. The monoisotopic (exact) mass is 212 g/mol. The number of aromatic amines is 1. The van der Waals surface area contributed by atoms with Crippen molar-refractivity contribution < 1.29 is 5.11 Å². The third kappa shape index (κ3) is 3.15. The van der Waals surface area contributed by atoms with Gasteiger partial charge in [-0.3, -0.25) is 4.57 Å². The first-order chi connectivity index (χ1) is 7.19. The van der Waals surface area contributed by atoms with E-state index in [0.29, 0.717) is 12.5 Å². The summed E-state index contributed by atoms with van der Waals surface area (Å²) in [5.41, 5.74) is -0.220. The molecule has 0 saturated carbocycles. The molecule has 1 atom stereocenters. The van der Waals surface area contributed by atoms with Crippen molar-refractivity contribution >= 4 is 0 Å². The van der Waals surface area contributed by atoms with Crippen LogP contribution in [0.15, 0.2) is 11.0 Å². The van der Waals surface area contributed by atoms with E-state index in [2.05, 4.69) is 18.8 Å². The molecule has 0 aromatic carbocycles. The van der Waals surface area contributed by atoms with Crippen LogP contribution in [0.1, 0.15) is 39.5 Å². The van der Waals surface area contributed by atoms with Gasteiger partial charge in [-0.05, 0) is 12.3 Å². The van der Waals surface area contributed by atoms with Gasteiger partial charge in [0.1, 0.15) is 0 Å². The maximum atomic E-state index is 11.3. The van der Waals surface area contributed by atoms with Crippen molar-refractivity contribution in [3.63, 3.8) is 0 Å². The van der Waals surface area contributed by atoms with Crippen LogP contribution in [0.4, 0.5) is 0 Å². The molecule has 86 valence electrons. The van der Waals surface area contributed by atoms with Gasteiger partial charge in [-0.1, -0.05) is 33.1 Å². The summed E-state index contributed by atoms with van der Waals surface area (Å²) >= 11 is 0. The molecule has 1 aromatic heterocycles. The van der Waals surface area contributed by atoms with Gasteiger partial charge in [-0.2, -0.15) is 0 Å². The molecule has 0 amide bonds. The van der Waals surface area contributed by atoms with Crippen molar-refractivity contribution in [2.24, 2.45) is 5.92 Å². The molecule has 1 heterocycles. The van der Waals surface area contributed by atoms with Gasteiger partial charge in [0.25, 0.3) is 0 Å². The second-order valence-electron chi connectivity index (χ2n) is 3.98. The Bertz CT molecular complexity index is 341. The Morgan fingerprint density at radius 1 is 1.53 bits per heavy atom. The first-order valence-electron chi connectivity index (χ1n) is 5.66. The maximum Gasteiger partial charge on any atom is 0.328 e. The molecular formula is C11H20N2O2. The summed E-state index contributed by atoms with van der Waals surface area (Å²) in [6, 6.07) is 0. The molecule has 0 bridgehead atoms. The van der Waals surface area contributed by atoms with E-state index in [1.807, 2.05) is 0 Å². The summed E-state index contributed by atoms with van der Waals surface area (Å²) < 4.78 is 1.41. The molecule has 2 N–H and O–H groups in total. The summed E-state index contributed by atoms with van der Waals surface area (Å²) in [6.07, 6.45) is 5.85. The fourth-order valence-electron chi connectivity index (χ4n) is 1.74. The van der Waals surface area contributed by atoms with E-state index in [-0.39, 0.29) is 11.6 Å². The molecule has 0 aliphatic rings. The smallest absolute Gasteiger partial charge is 0.328 e. The van der Waals surface area contributed by atoms with E-state index in [1.54, 1.807) is 0 Å². The van der Waals surface area contributed by atoms with E-state index in [9.17, 15) is 9.90 Å². The normalized spacial score (nSPS) is 12.9. The summed E-state index contributed by atoms with van der Waals surface area (Å²) in [5, 5.41) is 9.43. The van der Waals surface area contributed by atoms with Crippen LogP contribution >= 0.6 is 0 Å². The second-order valence-corrected chi connectivity index (χ2v) is 3.98. The molecule has 0 aliphatic carbocycles. The lowest BCUT2D eigenvalue weighted by molar-refractivity contribution is 0.344.